The van der Waals surface area contributed by atoms with Crippen molar-refractivity contribution >= 4 is 17.7 Å². The summed E-state index contributed by atoms with van der Waals surface area (Å²) >= 11 is 5.62. The Bertz CT molecular complexity index is 578. The lowest BCUT2D eigenvalue weighted by atomic mass is 9.86. The van der Waals surface area contributed by atoms with Crippen LogP contribution in [0.5, 0.6) is 0 Å². The summed E-state index contributed by atoms with van der Waals surface area (Å²) in [7, 11) is 0. The van der Waals surface area contributed by atoms with Crippen LogP contribution in [0.2, 0.25) is 0 Å². The Labute approximate surface area is 176 Å². The molecule has 3 atom stereocenters. The van der Waals surface area contributed by atoms with Crippen LogP contribution in [0.3, 0.4) is 0 Å². The Hall–Kier alpha value is -1.26. The number of amides is 1. The number of hydrogen-bond donors (Lipinski definition) is 2. The normalized spacial score (nSPS) is 32.4. The first-order valence-corrected chi connectivity index (χ1v) is 10.9. The van der Waals surface area contributed by atoms with Crippen molar-refractivity contribution in [3.8, 4) is 0 Å². The molecule has 0 spiro atoms. The fraction of sp³-hybridized carbons (Fsp3) is 0.696. The number of allylic oxidation sites excluding steroid dienone is 4. The maximum Gasteiger partial charge on any atom is 0.407 e. The molecule has 1 rings (SSSR count). The number of carbonyl (C=O) groups excluding carboxylic acids is 1. The highest BCUT2D eigenvalue weighted by Crippen LogP contribution is 2.26. The third-order valence-corrected chi connectivity index (χ3v) is 5.36. The van der Waals surface area contributed by atoms with Crippen LogP contribution in [0, 0.1) is 11.8 Å². The zero-order valence-electron chi connectivity index (χ0n) is 18.1. The van der Waals surface area contributed by atoms with Gasteiger partial charge in [0.2, 0.25) is 0 Å². The van der Waals surface area contributed by atoms with Crippen LogP contribution in [0.4, 0.5) is 4.79 Å². The van der Waals surface area contributed by atoms with E-state index in [-0.39, 0.29) is 0 Å². The van der Waals surface area contributed by atoms with Crippen molar-refractivity contribution in [1.29, 1.82) is 0 Å². The van der Waals surface area contributed by atoms with Crippen LogP contribution < -0.4 is 5.32 Å². The van der Waals surface area contributed by atoms with Gasteiger partial charge in [0.05, 0.1) is 5.60 Å². The third kappa shape index (κ3) is 10.3. The van der Waals surface area contributed by atoms with Gasteiger partial charge in [0.1, 0.15) is 6.10 Å². The number of carbonyl (C=O) groups is 1. The van der Waals surface area contributed by atoms with E-state index in [9.17, 15) is 9.90 Å². The summed E-state index contributed by atoms with van der Waals surface area (Å²) in [6.07, 6.45) is 11.6. The summed E-state index contributed by atoms with van der Waals surface area (Å²) in [5.41, 5.74) is 1.50. The third-order valence-electron chi connectivity index (χ3n) is 5.17. The van der Waals surface area contributed by atoms with Crippen molar-refractivity contribution in [1.82, 2.24) is 5.32 Å². The number of alkyl carbamates (subject to hydrolysis) is 1. The second-order valence-electron chi connectivity index (χ2n) is 8.53. The lowest BCUT2D eigenvalue weighted by Crippen LogP contribution is -2.34. The van der Waals surface area contributed by atoms with Crippen molar-refractivity contribution in [2.75, 3.05) is 12.4 Å². The van der Waals surface area contributed by atoms with Gasteiger partial charge in [-0.1, -0.05) is 43.2 Å². The number of halogens is 1. The second-order valence-corrected chi connectivity index (χ2v) is 8.91. The Morgan fingerprint density at radius 2 is 2.07 bits per heavy atom. The van der Waals surface area contributed by atoms with Crippen LogP contribution in [0.15, 0.2) is 35.5 Å². The number of alkyl halides is 1. The SMILES string of the molecule is C/C1=C\[C@H](OC(=O)NCCCl)C[C@](C)(O)/C=C/[C@H](C(C)C)CC/C(C)=C/CC1. The fourth-order valence-corrected chi connectivity index (χ4v) is 3.46. The topological polar surface area (TPSA) is 58.6 Å². The molecule has 0 aliphatic heterocycles. The second kappa shape index (κ2) is 12.3. The average molecular weight is 412 g/mol. The minimum Gasteiger partial charge on any atom is -0.442 e. The first-order chi connectivity index (χ1) is 13.1. The predicted molar refractivity (Wildman–Crippen MR) is 118 cm³/mol. The Morgan fingerprint density at radius 1 is 1.36 bits per heavy atom. The molecule has 0 saturated carbocycles. The van der Waals surface area contributed by atoms with Crippen LogP contribution in [-0.4, -0.2) is 35.3 Å². The van der Waals surface area contributed by atoms with Gasteiger partial charge >= 0.3 is 6.09 Å². The number of ether oxygens (including phenoxy) is 1. The van der Waals surface area contributed by atoms with Gasteiger partial charge in [0.25, 0.3) is 0 Å². The quantitative estimate of drug-likeness (QED) is 0.457. The molecule has 0 saturated heterocycles. The van der Waals surface area contributed by atoms with Crippen molar-refractivity contribution in [2.24, 2.45) is 11.8 Å². The van der Waals surface area contributed by atoms with Crippen molar-refractivity contribution < 1.29 is 14.6 Å². The van der Waals surface area contributed by atoms with E-state index >= 15 is 0 Å². The Kier molecular flexibility index (Phi) is 10.9. The van der Waals surface area contributed by atoms with Crippen molar-refractivity contribution in [2.45, 2.75) is 78.4 Å². The van der Waals surface area contributed by atoms with E-state index in [4.69, 9.17) is 16.3 Å². The molecule has 28 heavy (non-hydrogen) atoms. The Balaban J connectivity index is 3.06. The summed E-state index contributed by atoms with van der Waals surface area (Å²) in [5.74, 6) is 1.24. The molecule has 4 nitrogen and oxygen atoms in total. The zero-order chi connectivity index (χ0) is 21.2. The number of aliphatic hydroxyl groups is 1. The summed E-state index contributed by atoms with van der Waals surface area (Å²) < 4.78 is 5.56. The van der Waals surface area contributed by atoms with Gasteiger partial charge in [-0.2, -0.15) is 0 Å². The minimum atomic E-state index is -1.06. The molecule has 0 radical (unpaired) electrons. The van der Waals surface area contributed by atoms with Crippen LogP contribution in [0.1, 0.15) is 66.7 Å². The molecular weight excluding hydrogens is 374 g/mol. The molecule has 1 amide bonds. The molecule has 160 valence electrons. The first-order valence-electron chi connectivity index (χ1n) is 10.4. The van der Waals surface area contributed by atoms with Gasteiger partial charge < -0.3 is 15.2 Å². The molecule has 0 unspecified atom stereocenters. The maximum atomic E-state index is 12.0. The number of hydrogen-bond acceptors (Lipinski definition) is 3. The van der Waals surface area contributed by atoms with Crippen LogP contribution in [0.25, 0.3) is 0 Å². The maximum absolute atomic E-state index is 12.0. The van der Waals surface area contributed by atoms with Crippen LogP contribution in [-0.2, 0) is 4.74 Å². The molecule has 2 N–H and O–H groups in total. The molecule has 0 bridgehead atoms. The number of nitrogens with one attached hydrogen (secondary N) is 1. The molecule has 0 aromatic heterocycles. The zero-order valence-corrected chi connectivity index (χ0v) is 18.9. The van der Waals surface area contributed by atoms with E-state index in [0.29, 0.717) is 30.7 Å². The molecule has 0 aromatic carbocycles. The van der Waals surface area contributed by atoms with Crippen molar-refractivity contribution in [3.05, 3.63) is 35.5 Å². The monoisotopic (exact) mass is 411 g/mol. The summed E-state index contributed by atoms with van der Waals surface area (Å²) in [6, 6.07) is 0. The van der Waals surface area contributed by atoms with E-state index in [1.165, 1.54) is 5.57 Å². The average Bonchev–Trinajstić information content (AvgIpc) is 2.58. The lowest BCUT2D eigenvalue weighted by Gasteiger charge is -2.26. The van der Waals surface area contributed by atoms with Gasteiger partial charge in [-0.25, -0.2) is 4.79 Å². The summed E-state index contributed by atoms with van der Waals surface area (Å²) in [6.45, 7) is 10.8. The van der Waals surface area contributed by atoms with Gasteiger partial charge in [0.15, 0.2) is 0 Å². The molecule has 1 aliphatic carbocycles. The van der Waals surface area contributed by atoms with Crippen molar-refractivity contribution in [3.63, 3.8) is 0 Å². The van der Waals surface area contributed by atoms with Crippen LogP contribution >= 0.6 is 11.6 Å². The molecule has 0 heterocycles. The lowest BCUT2D eigenvalue weighted by molar-refractivity contribution is 0.0430. The Morgan fingerprint density at radius 3 is 2.71 bits per heavy atom. The fourth-order valence-electron chi connectivity index (χ4n) is 3.36. The first kappa shape index (κ1) is 24.8. The molecule has 1 aliphatic rings. The summed E-state index contributed by atoms with van der Waals surface area (Å²) in [5, 5.41) is 13.5. The van der Waals surface area contributed by atoms with Gasteiger partial charge in [-0.3, -0.25) is 0 Å². The highest BCUT2D eigenvalue weighted by atomic mass is 35.5. The van der Waals surface area contributed by atoms with E-state index in [1.54, 1.807) is 6.92 Å². The predicted octanol–water partition coefficient (Wildman–Crippen LogP) is 5.76. The molecule has 0 aromatic rings. The number of rotatable bonds is 4. The minimum absolute atomic E-state index is 0.314. The molecule has 5 heteroatoms. The van der Waals surface area contributed by atoms with Gasteiger partial charge in [-0.15, -0.1) is 11.6 Å². The molecular formula is C23H38ClNO3. The molecule has 0 fully saturated rings. The smallest absolute Gasteiger partial charge is 0.407 e. The van der Waals surface area contributed by atoms with E-state index < -0.39 is 17.8 Å². The van der Waals surface area contributed by atoms with Gasteiger partial charge in [0, 0.05) is 18.8 Å². The largest absolute Gasteiger partial charge is 0.442 e. The standard InChI is InChI=1S/C23H38ClNO3/c1-17(2)20-10-9-18(3)7-6-8-19(4)15-21(16-23(5,27)12-11-20)28-22(26)25-14-13-24/h7,11-12,15,17,20-21,27H,6,8-10,13-14,16H2,1-5H3,(H,25,26)/b12-11+,18-7+,19-15+/t20-,21+,23-/m1/s1. The van der Waals surface area contributed by atoms with E-state index in [1.807, 2.05) is 19.1 Å². The van der Waals surface area contributed by atoms with Gasteiger partial charge in [-0.05, 0) is 64.4 Å². The summed E-state index contributed by atoms with van der Waals surface area (Å²) in [4.78, 5) is 12.0. The van der Waals surface area contributed by atoms with E-state index in [0.717, 1.165) is 31.3 Å². The highest BCUT2D eigenvalue weighted by Gasteiger charge is 2.25. The van der Waals surface area contributed by atoms with E-state index in [2.05, 4.69) is 38.2 Å². The highest BCUT2D eigenvalue weighted by molar-refractivity contribution is 6.18.